The molecule has 1 heterocycles. The third kappa shape index (κ3) is 2.58. The van der Waals surface area contributed by atoms with E-state index in [1.54, 1.807) is 0 Å². The van der Waals surface area contributed by atoms with Gasteiger partial charge < -0.3 is 5.73 Å². The summed E-state index contributed by atoms with van der Waals surface area (Å²) in [7, 11) is 0. The Morgan fingerprint density at radius 1 is 1.23 bits per heavy atom. The van der Waals surface area contributed by atoms with Gasteiger partial charge in [0.1, 0.15) is 0 Å². The summed E-state index contributed by atoms with van der Waals surface area (Å²) in [6, 6.07) is 8.97. The Labute approximate surface area is 133 Å². The van der Waals surface area contributed by atoms with Crippen molar-refractivity contribution in [3.63, 3.8) is 0 Å². The molecule has 1 aromatic carbocycles. The summed E-state index contributed by atoms with van der Waals surface area (Å²) in [5.41, 5.74) is 12.8. The molecular formula is C19H27N3. The molecule has 0 aliphatic heterocycles. The monoisotopic (exact) mass is 297 g/mol. The molecule has 0 saturated heterocycles. The van der Waals surface area contributed by atoms with Crippen LogP contribution in [-0.2, 0) is 18.3 Å². The predicted octanol–water partition coefficient (Wildman–Crippen LogP) is 4.07. The number of nitrogens with zero attached hydrogens (tertiary/aromatic N) is 2. The van der Waals surface area contributed by atoms with E-state index in [1.807, 2.05) is 0 Å². The summed E-state index contributed by atoms with van der Waals surface area (Å²) in [6.45, 7) is 8.89. The summed E-state index contributed by atoms with van der Waals surface area (Å²) >= 11 is 0. The quantitative estimate of drug-likeness (QED) is 0.908. The Balaban J connectivity index is 2.05. The van der Waals surface area contributed by atoms with Gasteiger partial charge in [0.25, 0.3) is 0 Å². The molecule has 1 unspecified atom stereocenters. The highest BCUT2D eigenvalue weighted by Crippen LogP contribution is 2.33. The van der Waals surface area contributed by atoms with Crippen molar-refractivity contribution in [2.75, 3.05) is 0 Å². The molecule has 0 bridgehead atoms. The predicted molar refractivity (Wildman–Crippen MR) is 91.5 cm³/mol. The second-order valence-corrected chi connectivity index (χ2v) is 7.37. The molecule has 1 aliphatic carbocycles. The van der Waals surface area contributed by atoms with Crippen LogP contribution in [0.15, 0.2) is 24.3 Å². The lowest BCUT2D eigenvalue weighted by Crippen LogP contribution is -2.19. The van der Waals surface area contributed by atoms with E-state index in [0.29, 0.717) is 0 Å². The van der Waals surface area contributed by atoms with Crippen LogP contribution < -0.4 is 5.73 Å². The molecule has 0 spiro atoms. The number of rotatable bonds is 2. The standard InChI is InChI=1S/C19H27N3/c1-5-16-18-15(20)7-6-8-17(18)22(21-16)14-11-9-13(10-12-14)19(2,3)4/h9-12,15H,5-8,20H2,1-4H3. The Kier molecular flexibility index (Phi) is 3.85. The van der Waals surface area contributed by atoms with Crippen molar-refractivity contribution in [1.29, 1.82) is 0 Å². The Morgan fingerprint density at radius 3 is 2.50 bits per heavy atom. The zero-order valence-electron chi connectivity index (χ0n) is 14.2. The van der Waals surface area contributed by atoms with Gasteiger partial charge in [-0.3, -0.25) is 0 Å². The molecule has 1 aliphatic rings. The molecular weight excluding hydrogens is 270 g/mol. The molecule has 3 nitrogen and oxygen atoms in total. The molecule has 0 fully saturated rings. The van der Waals surface area contributed by atoms with Gasteiger partial charge in [-0.2, -0.15) is 5.10 Å². The summed E-state index contributed by atoms with van der Waals surface area (Å²) in [5.74, 6) is 0. The van der Waals surface area contributed by atoms with E-state index < -0.39 is 0 Å². The van der Waals surface area contributed by atoms with Crippen LogP contribution in [0.25, 0.3) is 5.69 Å². The van der Waals surface area contributed by atoms with Gasteiger partial charge in [0.05, 0.1) is 11.4 Å². The maximum Gasteiger partial charge on any atom is 0.0676 e. The lowest BCUT2D eigenvalue weighted by Gasteiger charge is -2.21. The van der Waals surface area contributed by atoms with E-state index in [2.05, 4.69) is 56.6 Å². The van der Waals surface area contributed by atoms with E-state index in [1.165, 1.54) is 22.5 Å². The smallest absolute Gasteiger partial charge is 0.0676 e. The molecule has 0 amide bonds. The third-order valence-corrected chi connectivity index (χ3v) is 4.71. The van der Waals surface area contributed by atoms with Gasteiger partial charge in [-0.1, -0.05) is 39.8 Å². The Morgan fingerprint density at radius 2 is 1.91 bits per heavy atom. The van der Waals surface area contributed by atoms with Crippen LogP contribution in [0.2, 0.25) is 0 Å². The van der Waals surface area contributed by atoms with Crippen molar-refractivity contribution in [2.45, 2.75) is 64.8 Å². The van der Waals surface area contributed by atoms with E-state index in [9.17, 15) is 0 Å². The molecule has 3 heteroatoms. The van der Waals surface area contributed by atoms with Gasteiger partial charge in [0.15, 0.2) is 0 Å². The van der Waals surface area contributed by atoms with Crippen LogP contribution in [-0.4, -0.2) is 9.78 Å². The second-order valence-electron chi connectivity index (χ2n) is 7.37. The average Bonchev–Trinajstić information content (AvgIpc) is 2.87. The van der Waals surface area contributed by atoms with Gasteiger partial charge >= 0.3 is 0 Å². The number of aryl methyl sites for hydroxylation is 1. The van der Waals surface area contributed by atoms with E-state index >= 15 is 0 Å². The number of hydrogen-bond acceptors (Lipinski definition) is 2. The number of hydrogen-bond donors (Lipinski definition) is 1. The zero-order chi connectivity index (χ0) is 15.9. The summed E-state index contributed by atoms with van der Waals surface area (Å²) in [6.07, 6.45) is 4.26. The van der Waals surface area contributed by atoms with E-state index in [-0.39, 0.29) is 11.5 Å². The lowest BCUT2D eigenvalue weighted by molar-refractivity contribution is 0.555. The molecule has 1 atom stereocenters. The Hall–Kier alpha value is -1.61. The maximum atomic E-state index is 6.34. The molecule has 2 aromatic rings. The average molecular weight is 297 g/mol. The van der Waals surface area contributed by atoms with Crippen molar-refractivity contribution < 1.29 is 0 Å². The molecule has 0 radical (unpaired) electrons. The molecule has 3 rings (SSSR count). The van der Waals surface area contributed by atoms with E-state index in [4.69, 9.17) is 10.8 Å². The van der Waals surface area contributed by atoms with Crippen LogP contribution in [0.3, 0.4) is 0 Å². The van der Waals surface area contributed by atoms with Crippen LogP contribution >= 0.6 is 0 Å². The van der Waals surface area contributed by atoms with Crippen molar-refractivity contribution in [2.24, 2.45) is 5.73 Å². The SMILES string of the molecule is CCc1nn(-c2ccc(C(C)(C)C)cc2)c2c1C(N)CCC2. The van der Waals surface area contributed by atoms with Crippen molar-refractivity contribution in [1.82, 2.24) is 9.78 Å². The van der Waals surface area contributed by atoms with Gasteiger partial charge in [0.2, 0.25) is 0 Å². The highest BCUT2D eigenvalue weighted by Gasteiger charge is 2.26. The highest BCUT2D eigenvalue weighted by atomic mass is 15.3. The third-order valence-electron chi connectivity index (χ3n) is 4.71. The number of aromatic nitrogens is 2. The topological polar surface area (TPSA) is 43.8 Å². The largest absolute Gasteiger partial charge is 0.324 e. The maximum absolute atomic E-state index is 6.34. The van der Waals surface area contributed by atoms with Crippen LogP contribution in [0.4, 0.5) is 0 Å². The molecule has 0 saturated carbocycles. The fourth-order valence-corrected chi connectivity index (χ4v) is 3.40. The number of benzene rings is 1. The molecule has 1 aromatic heterocycles. The first kappa shape index (κ1) is 15.3. The minimum atomic E-state index is 0.154. The van der Waals surface area contributed by atoms with Crippen molar-refractivity contribution in [3.05, 3.63) is 46.8 Å². The molecule has 2 N–H and O–H groups in total. The number of nitrogens with two attached hydrogens (primary N) is 1. The highest BCUT2D eigenvalue weighted by molar-refractivity contribution is 5.42. The molecule has 118 valence electrons. The van der Waals surface area contributed by atoms with Crippen molar-refractivity contribution >= 4 is 0 Å². The summed E-state index contributed by atoms with van der Waals surface area (Å²) in [4.78, 5) is 0. The van der Waals surface area contributed by atoms with Crippen molar-refractivity contribution in [3.8, 4) is 5.69 Å². The van der Waals surface area contributed by atoms with E-state index in [0.717, 1.165) is 31.4 Å². The Bertz CT molecular complexity index is 659. The first-order valence-corrected chi connectivity index (χ1v) is 8.39. The number of fused-ring (bicyclic) bond motifs is 1. The van der Waals surface area contributed by atoms with Crippen LogP contribution in [0, 0.1) is 0 Å². The first-order chi connectivity index (χ1) is 10.4. The first-order valence-electron chi connectivity index (χ1n) is 8.39. The summed E-state index contributed by atoms with van der Waals surface area (Å²) < 4.78 is 2.12. The normalized spacial score (nSPS) is 18.3. The lowest BCUT2D eigenvalue weighted by atomic mass is 9.87. The minimum Gasteiger partial charge on any atom is -0.324 e. The fourth-order valence-electron chi connectivity index (χ4n) is 3.40. The zero-order valence-corrected chi connectivity index (χ0v) is 14.2. The van der Waals surface area contributed by atoms with Gasteiger partial charge in [0, 0.05) is 17.3 Å². The summed E-state index contributed by atoms with van der Waals surface area (Å²) in [5, 5.41) is 4.86. The minimum absolute atomic E-state index is 0.154. The van der Waals surface area contributed by atoms with Gasteiger partial charge in [-0.15, -0.1) is 0 Å². The fraction of sp³-hybridized carbons (Fsp3) is 0.526. The second kappa shape index (κ2) is 5.54. The molecule has 22 heavy (non-hydrogen) atoms. The van der Waals surface area contributed by atoms with Crippen LogP contribution in [0.1, 0.15) is 69.1 Å². The van der Waals surface area contributed by atoms with Gasteiger partial charge in [-0.25, -0.2) is 4.68 Å². The van der Waals surface area contributed by atoms with Gasteiger partial charge in [-0.05, 0) is 48.8 Å². The van der Waals surface area contributed by atoms with Crippen LogP contribution in [0.5, 0.6) is 0 Å².